The van der Waals surface area contributed by atoms with E-state index in [1.807, 2.05) is 0 Å². The van der Waals surface area contributed by atoms with Gasteiger partial charge in [-0.3, -0.25) is 4.98 Å². The highest BCUT2D eigenvalue weighted by atomic mass is 35.5. The van der Waals surface area contributed by atoms with Gasteiger partial charge in [0.1, 0.15) is 10.7 Å². The van der Waals surface area contributed by atoms with Crippen molar-refractivity contribution in [1.82, 2.24) is 15.3 Å². The van der Waals surface area contributed by atoms with E-state index in [-0.39, 0.29) is 0 Å². The highest BCUT2D eigenvalue weighted by molar-refractivity contribution is 7.15. The van der Waals surface area contributed by atoms with Crippen molar-refractivity contribution in [2.24, 2.45) is 0 Å². The molecule has 0 unspecified atom stereocenters. The van der Waals surface area contributed by atoms with Crippen molar-refractivity contribution in [2.75, 3.05) is 6.54 Å². The fourth-order valence-corrected chi connectivity index (χ4v) is 3.72. The van der Waals surface area contributed by atoms with E-state index in [0.29, 0.717) is 21.7 Å². The Morgan fingerprint density at radius 3 is 2.71 bits per heavy atom. The highest BCUT2D eigenvalue weighted by Gasteiger charge is 2.17. The Hall–Kier alpha value is -0.680. The van der Waals surface area contributed by atoms with Gasteiger partial charge in [-0.1, -0.05) is 44.0 Å². The van der Waals surface area contributed by atoms with Crippen molar-refractivity contribution in [3.63, 3.8) is 0 Å². The number of hydrogen-bond acceptors (Lipinski definition) is 4. The Kier molecular flexibility index (Phi) is 5.99. The van der Waals surface area contributed by atoms with Gasteiger partial charge in [0.05, 0.1) is 15.7 Å². The molecule has 0 saturated heterocycles. The summed E-state index contributed by atoms with van der Waals surface area (Å²) in [5, 5.41) is 5.36. The van der Waals surface area contributed by atoms with Crippen LogP contribution in [0.3, 0.4) is 0 Å². The minimum atomic E-state index is 0.375. The van der Waals surface area contributed by atoms with Crippen LogP contribution in [0.4, 0.5) is 0 Å². The lowest BCUT2D eigenvalue weighted by atomic mass is 10.1. The van der Waals surface area contributed by atoms with Crippen LogP contribution in [0, 0.1) is 0 Å². The maximum atomic E-state index is 6.24. The average Bonchev–Trinajstić information content (AvgIpc) is 2.83. The molecule has 21 heavy (non-hydrogen) atoms. The zero-order valence-corrected chi connectivity index (χ0v) is 14.7. The lowest BCUT2D eigenvalue weighted by molar-refractivity contribution is 0.670. The molecule has 3 nitrogen and oxygen atoms in total. The number of halogens is 2. The Morgan fingerprint density at radius 1 is 1.33 bits per heavy atom. The zero-order chi connectivity index (χ0) is 15.4. The van der Waals surface area contributed by atoms with Crippen LogP contribution in [0.15, 0.2) is 12.3 Å². The monoisotopic (exact) mass is 343 g/mol. The lowest BCUT2D eigenvalue weighted by Gasteiger charge is -2.05. The largest absolute Gasteiger partial charge is 0.312 e. The third-order valence-corrected chi connectivity index (χ3v) is 4.57. The summed E-state index contributed by atoms with van der Waals surface area (Å²) >= 11 is 13.8. The Labute approximate surface area is 139 Å². The molecule has 2 aromatic heterocycles. The molecule has 6 heteroatoms. The van der Waals surface area contributed by atoms with Gasteiger partial charge in [0, 0.05) is 17.6 Å². The molecular weight excluding hydrogens is 325 g/mol. The van der Waals surface area contributed by atoms with E-state index in [1.54, 1.807) is 23.6 Å². The first-order valence-electron chi connectivity index (χ1n) is 7.04. The Balaban J connectivity index is 2.34. The number of nitrogens with zero attached hydrogens (tertiary/aromatic N) is 2. The summed E-state index contributed by atoms with van der Waals surface area (Å²) in [6.07, 6.45) is 2.72. The Bertz CT molecular complexity index is 611. The Morgan fingerprint density at radius 2 is 2.10 bits per heavy atom. The lowest BCUT2D eigenvalue weighted by Crippen LogP contribution is -2.14. The molecular formula is C15H19Cl2N3S. The van der Waals surface area contributed by atoms with Crippen molar-refractivity contribution >= 4 is 34.5 Å². The summed E-state index contributed by atoms with van der Waals surface area (Å²) in [5.74, 6) is 0.375. The first kappa shape index (κ1) is 16.7. The first-order chi connectivity index (χ1) is 10.0. The van der Waals surface area contributed by atoms with Crippen molar-refractivity contribution in [3.8, 4) is 10.7 Å². The van der Waals surface area contributed by atoms with Gasteiger partial charge in [0.2, 0.25) is 0 Å². The number of nitrogens with one attached hydrogen (secondary N) is 1. The number of thiazole rings is 1. The second-order valence-corrected chi connectivity index (χ2v) is 7.07. The van der Waals surface area contributed by atoms with E-state index in [1.165, 1.54) is 4.88 Å². The van der Waals surface area contributed by atoms with Crippen LogP contribution in [0.1, 0.15) is 43.7 Å². The molecule has 0 atom stereocenters. The smallest absolute Gasteiger partial charge is 0.143 e. The molecule has 0 aliphatic heterocycles. The zero-order valence-electron chi connectivity index (χ0n) is 12.4. The third-order valence-electron chi connectivity index (χ3n) is 3.00. The minimum absolute atomic E-state index is 0.375. The van der Waals surface area contributed by atoms with E-state index in [9.17, 15) is 0 Å². The quantitative estimate of drug-likeness (QED) is 0.738. The first-order valence-corrected chi connectivity index (χ1v) is 8.61. The van der Waals surface area contributed by atoms with Gasteiger partial charge in [0.25, 0.3) is 0 Å². The molecule has 0 radical (unpaired) electrons. The van der Waals surface area contributed by atoms with E-state index in [4.69, 9.17) is 28.2 Å². The van der Waals surface area contributed by atoms with Crippen LogP contribution in [0.25, 0.3) is 10.7 Å². The summed E-state index contributed by atoms with van der Waals surface area (Å²) in [6, 6.07) is 1.71. The van der Waals surface area contributed by atoms with E-state index in [0.717, 1.165) is 30.2 Å². The summed E-state index contributed by atoms with van der Waals surface area (Å²) < 4.78 is 0. The average molecular weight is 344 g/mol. The van der Waals surface area contributed by atoms with Crippen LogP contribution < -0.4 is 5.32 Å². The fraction of sp³-hybridized carbons (Fsp3) is 0.467. The summed E-state index contributed by atoms with van der Waals surface area (Å²) in [4.78, 5) is 10.3. The van der Waals surface area contributed by atoms with Crippen LogP contribution in [0.2, 0.25) is 10.0 Å². The molecule has 0 aliphatic carbocycles. The van der Waals surface area contributed by atoms with E-state index < -0.39 is 0 Å². The van der Waals surface area contributed by atoms with Gasteiger partial charge >= 0.3 is 0 Å². The highest BCUT2D eigenvalue weighted by Crippen LogP contribution is 2.34. The predicted octanol–water partition coefficient (Wildman–Crippen LogP) is 5.13. The molecule has 2 aromatic rings. The molecule has 0 fully saturated rings. The molecule has 0 spiro atoms. The SMILES string of the molecule is CCCNCc1sc(-c2ncc(Cl)cc2Cl)nc1C(C)C. The fourth-order valence-electron chi connectivity index (χ4n) is 1.99. The molecule has 2 rings (SSSR count). The minimum Gasteiger partial charge on any atom is -0.312 e. The molecule has 1 N–H and O–H groups in total. The number of hydrogen-bond donors (Lipinski definition) is 1. The second-order valence-electron chi connectivity index (χ2n) is 5.14. The van der Waals surface area contributed by atoms with Gasteiger partial charge in [-0.15, -0.1) is 11.3 Å². The van der Waals surface area contributed by atoms with Crippen LogP contribution in [0.5, 0.6) is 0 Å². The molecule has 0 saturated carbocycles. The van der Waals surface area contributed by atoms with Gasteiger partial charge < -0.3 is 5.32 Å². The molecule has 0 amide bonds. The van der Waals surface area contributed by atoms with Gasteiger partial charge in [-0.2, -0.15) is 0 Å². The summed E-state index contributed by atoms with van der Waals surface area (Å²) in [7, 11) is 0. The van der Waals surface area contributed by atoms with Gasteiger partial charge in [-0.25, -0.2) is 4.98 Å². The van der Waals surface area contributed by atoms with Crippen LogP contribution >= 0.6 is 34.5 Å². The molecule has 0 aromatic carbocycles. The van der Waals surface area contributed by atoms with E-state index >= 15 is 0 Å². The van der Waals surface area contributed by atoms with Crippen LogP contribution in [-0.2, 0) is 6.54 Å². The van der Waals surface area contributed by atoms with Crippen molar-refractivity contribution < 1.29 is 0 Å². The number of rotatable bonds is 6. The standard InChI is InChI=1S/C15H19Cl2N3S/c1-4-5-18-8-12-13(9(2)3)20-15(21-12)14-11(17)6-10(16)7-19-14/h6-7,9,18H,4-5,8H2,1-3H3. The molecule has 0 bridgehead atoms. The predicted molar refractivity (Wildman–Crippen MR) is 91.5 cm³/mol. The maximum Gasteiger partial charge on any atom is 0.143 e. The van der Waals surface area contributed by atoms with Crippen molar-refractivity contribution in [2.45, 2.75) is 39.7 Å². The third kappa shape index (κ3) is 4.16. The normalized spacial score (nSPS) is 11.3. The molecule has 0 aliphatic rings. The van der Waals surface area contributed by atoms with Gasteiger partial charge in [-0.05, 0) is 24.9 Å². The number of pyridine rings is 1. The second kappa shape index (κ2) is 7.54. The van der Waals surface area contributed by atoms with Crippen molar-refractivity contribution in [1.29, 1.82) is 0 Å². The van der Waals surface area contributed by atoms with Crippen molar-refractivity contribution in [3.05, 3.63) is 32.9 Å². The van der Waals surface area contributed by atoms with Crippen LogP contribution in [-0.4, -0.2) is 16.5 Å². The number of aromatic nitrogens is 2. The topological polar surface area (TPSA) is 37.8 Å². The maximum absolute atomic E-state index is 6.24. The molecule has 114 valence electrons. The van der Waals surface area contributed by atoms with Gasteiger partial charge in [0.15, 0.2) is 0 Å². The summed E-state index contributed by atoms with van der Waals surface area (Å²) in [5.41, 5.74) is 1.82. The summed E-state index contributed by atoms with van der Waals surface area (Å²) in [6.45, 7) is 8.30. The van der Waals surface area contributed by atoms with E-state index in [2.05, 4.69) is 31.1 Å². The molecule has 2 heterocycles.